The summed E-state index contributed by atoms with van der Waals surface area (Å²) >= 11 is 1.57. The molecular weight excluding hydrogens is 250 g/mol. The van der Waals surface area contributed by atoms with Crippen molar-refractivity contribution in [2.24, 2.45) is 5.73 Å². The topological polar surface area (TPSA) is 87.4 Å². The highest BCUT2D eigenvalue weighted by molar-refractivity contribution is 7.98. The molecule has 0 fully saturated rings. The highest BCUT2D eigenvalue weighted by atomic mass is 32.2. The lowest BCUT2D eigenvalue weighted by atomic mass is 10.4. The molecule has 2 heterocycles. The van der Waals surface area contributed by atoms with Gasteiger partial charge in [0, 0.05) is 24.5 Å². The van der Waals surface area contributed by atoms with Crippen molar-refractivity contribution in [1.82, 2.24) is 30.0 Å². The monoisotopic (exact) mass is 267 g/mol. The predicted molar refractivity (Wildman–Crippen MR) is 69.0 cm³/mol. The fourth-order valence-electron chi connectivity index (χ4n) is 1.44. The third kappa shape index (κ3) is 3.08. The maximum atomic E-state index is 5.49. The van der Waals surface area contributed by atoms with E-state index in [4.69, 9.17) is 5.73 Å². The van der Waals surface area contributed by atoms with Gasteiger partial charge in [0.05, 0.1) is 12.2 Å². The van der Waals surface area contributed by atoms with E-state index in [1.54, 1.807) is 16.4 Å². The summed E-state index contributed by atoms with van der Waals surface area (Å²) in [7, 11) is 0. The molecule has 2 aromatic rings. The van der Waals surface area contributed by atoms with Crippen molar-refractivity contribution in [2.75, 3.05) is 6.54 Å². The molecule has 0 radical (unpaired) electrons. The number of nitrogens with two attached hydrogens (primary N) is 1. The molecule has 0 aliphatic heterocycles. The van der Waals surface area contributed by atoms with Gasteiger partial charge in [0.15, 0.2) is 0 Å². The second-order valence-corrected chi connectivity index (χ2v) is 5.09. The second kappa shape index (κ2) is 5.96. The number of hydrogen-bond donors (Lipinski definition) is 1. The summed E-state index contributed by atoms with van der Waals surface area (Å²) in [6.07, 6.45) is 1.99. The van der Waals surface area contributed by atoms with Crippen LogP contribution in [0.4, 0.5) is 0 Å². The van der Waals surface area contributed by atoms with Crippen LogP contribution in [0.15, 0.2) is 17.4 Å². The molecule has 0 bridgehead atoms. The van der Waals surface area contributed by atoms with Crippen LogP contribution in [0.1, 0.15) is 25.6 Å². The Morgan fingerprint density at radius 1 is 1.44 bits per heavy atom. The minimum absolute atomic E-state index is 0.381. The van der Waals surface area contributed by atoms with Crippen LogP contribution in [-0.2, 0) is 12.3 Å². The summed E-state index contributed by atoms with van der Waals surface area (Å²) in [4.78, 5) is 0. The van der Waals surface area contributed by atoms with E-state index in [1.807, 2.05) is 16.9 Å². The summed E-state index contributed by atoms with van der Waals surface area (Å²) in [5.41, 5.74) is 6.52. The minimum atomic E-state index is 0.381. The summed E-state index contributed by atoms with van der Waals surface area (Å²) in [6, 6.07) is 2.40. The Labute approximate surface area is 110 Å². The van der Waals surface area contributed by atoms with Crippen LogP contribution in [0.3, 0.4) is 0 Å². The van der Waals surface area contributed by atoms with Crippen molar-refractivity contribution in [2.45, 2.75) is 37.3 Å². The summed E-state index contributed by atoms with van der Waals surface area (Å²) < 4.78 is 3.66. The van der Waals surface area contributed by atoms with Crippen LogP contribution < -0.4 is 5.73 Å². The zero-order valence-electron chi connectivity index (χ0n) is 10.5. The highest BCUT2D eigenvalue weighted by Gasteiger charge is 2.08. The fraction of sp³-hybridized carbons (Fsp3) is 0.600. The van der Waals surface area contributed by atoms with Crippen LogP contribution in [0.5, 0.6) is 0 Å². The van der Waals surface area contributed by atoms with Gasteiger partial charge in [0.1, 0.15) is 0 Å². The quantitative estimate of drug-likeness (QED) is 0.775. The summed E-state index contributed by atoms with van der Waals surface area (Å²) in [5, 5.41) is 16.8. The van der Waals surface area contributed by atoms with Crippen LogP contribution in [0, 0.1) is 0 Å². The maximum Gasteiger partial charge on any atom is 0.209 e. The van der Waals surface area contributed by atoms with E-state index >= 15 is 0 Å². The zero-order chi connectivity index (χ0) is 13.0. The Bertz CT molecular complexity index is 490. The molecule has 0 aromatic carbocycles. The smallest absolute Gasteiger partial charge is 0.209 e. The van der Waals surface area contributed by atoms with Gasteiger partial charge in [0.2, 0.25) is 5.16 Å². The molecule has 0 aliphatic carbocycles. The molecule has 18 heavy (non-hydrogen) atoms. The molecule has 7 nitrogen and oxygen atoms in total. The molecule has 0 atom stereocenters. The van der Waals surface area contributed by atoms with E-state index in [2.05, 4.69) is 34.5 Å². The third-order valence-corrected chi connectivity index (χ3v) is 3.37. The van der Waals surface area contributed by atoms with Gasteiger partial charge < -0.3 is 5.73 Å². The third-order valence-electron chi connectivity index (χ3n) is 2.38. The van der Waals surface area contributed by atoms with Crippen molar-refractivity contribution in [3.63, 3.8) is 0 Å². The first-order chi connectivity index (χ1) is 8.70. The normalized spacial score (nSPS) is 11.3. The van der Waals surface area contributed by atoms with E-state index in [-0.39, 0.29) is 0 Å². The van der Waals surface area contributed by atoms with Crippen LogP contribution in [-0.4, -0.2) is 36.5 Å². The van der Waals surface area contributed by atoms with Gasteiger partial charge in [-0.05, 0) is 30.3 Å². The standard InChI is InChI=1S/C10H17N7S/c1-8(2)16-5-3-9(13-16)7-18-10-12-14-15-17(10)6-4-11/h3,5,8H,4,6-7,11H2,1-2H3. The van der Waals surface area contributed by atoms with Crippen molar-refractivity contribution < 1.29 is 0 Å². The Morgan fingerprint density at radius 3 is 2.94 bits per heavy atom. The van der Waals surface area contributed by atoms with Gasteiger partial charge in [-0.25, -0.2) is 4.68 Å². The van der Waals surface area contributed by atoms with E-state index in [9.17, 15) is 0 Å². The molecule has 8 heteroatoms. The SMILES string of the molecule is CC(C)n1ccc(CSc2nnnn2CCN)n1. The first-order valence-electron chi connectivity index (χ1n) is 5.83. The van der Waals surface area contributed by atoms with E-state index in [0.717, 1.165) is 16.6 Å². The van der Waals surface area contributed by atoms with Gasteiger partial charge in [-0.3, -0.25) is 4.68 Å². The molecule has 2 aromatic heterocycles. The lowest BCUT2D eigenvalue weighted by Gasteiger charge is -2.04. The Kier molecular flexibility index (Phi) is 4.32. The van der Waals surface area contributed by atoms with Crippen LogP contribution >= 0.6 is 11.8 Å². The van der Waals surface area contributed by atoms with Gasteiger partial charge in [-0.2, -0.15) is 5.10 Å². The van der Waals surface area contributed by atoms with E-state index in [1.165, 1.54) is 0 Å². The first-order valence-corrected chi connectivity index (χ1v) is 6.82. The van der Waals surface area contributed by atoms with Crippen molar-refractivity contribution in [3.8, 4) is 0 Å². The molecule has 0 amide bonds. The molecule has 0 saturated carbocycles. The number of tetrazole rings is 1. The lowest BCUT2D eigenvalue weighted by molar-refractivity contribution is 0.528. The number of thioether (sulfide) groups is 1. The number of hydrogen-bond acceptors (Lipinski definition) is 6. The Hall–Kier alpha value is -1.41. The van der Waals surface area contributed by atoms with Crippen molar-refractivity contribution in [3.05, 3.63) is 18.0 Å². The van der Waals surface area contributed by atoms with Gasteiger partial charge >= 0.3 is 0 Å². The fourth-order valence-corrected chi connectivity index (χ4v) is 2.24. The van der Waals surface area contributed by atoms with Gasteiger partial charge in [-0.15, -0.1) is 5.10 Å². The first kappa shape index (κ1) is 13.0. The number of nitrogens with zero attached hydrogens (tertiary/aromatic N) is 6. The van der Waals surface area contributed by atoms with Crippen LogP contribution in [0.25, 0.3) is 0 Å². The van der Waals surface area contributed by atoms with Crippen molar-refractivity contribution in [1.29, 1.82) is 0 Å². The van der Waals surface area contributed by atoms with Gasteiger partial charge in [-0.1, -0.05) is 11.8 Å². The number of rotatable bonds is 6. The Balaban J connectivity index is 1.95. The van der Waals surface area contributed by atoms with Gasteiger partial charge in [0.25, 0.3) is 0 Å². The molecule has 98 valence electrons. The molecule has 2 N–H and O–H groups in total. The molecule has 0 aliphatic rings. The second-order valence-electron chi connectivity index (χ2n) is 4.14. The van der Waals surface area contributed by atoms with E-state index < -0.39 is 0 Å². The van der Waals surface area contributed by atoms with E-state index in [0.29, 0.717) is 19.1 Å². The summed E-state index contributed by atoms with van der Waals surface area (Å²) in [6.45, 7) is 5.37. The van der Waals surface area contributed by atoms with Crippen molar-refractivity contribution >= 4 is 11.8 Å². The zero-order valence-corrected chi connectivity index (χ0v) is 11.3. The largest absolute Gasteiger partial charge is 0.329 e. The molecule has 2 rings (SSSR count). The lowest BCUT2D eigenvalue weighted by Crippen LogP contribution is -2.12. The number of aromatic nitrogens is 6. The summed E-state index contributed by atoms with van der Waals surface area (Å²) in [5.74, 6) is 0.755. The van der Waals surface area contributed by atoms with Crippen LogP contribution in [0.2, 0.25) is 0 Å². The molecular formula is C10H17N7S. The average molecular weight is 267 g/mol. The predicted octanol–water partition coefficient (Wildman–Crippen LogP) is 0.701. The molecule has 0 saturated heterocycles. The maximum absolute atomic E-state index is 5.49. The minimum Gasteiger partial charge on any atom is -0.329 e. The highest BCUT2D eigenvalue weighted by Crippen LogP contribution is 2.19. The molecule has 0 unspecified atom stereocenters. The molecule has 0 spiro atoms. The average Bonchev–Trinajstić information content (AvgIpc) is 2.95. The Morgan fingerprint density at radius 2 is 2.28 bits per heavy atom.